The number of H-pyrrole nitrogens is 1. The summed E-state index contributed by atoms with van der Waals surface area (Å²) in [6.07, 6.45) is 3.04. The molecular formula is C17H19N5O3S3. The van der Waals surface area contributed by atoms with E-state index < -0.39 is 0 Å². The average Bonchev–Trinajstić information content (AvgIpc) is 3.23. The van der Waals surface area contributed by atoms with Gasteiger partial charge in [0, 0.05) is 12.0 Å². The molecule has 4 rings (SSSR count). The maximum absolute atomic E-state index is 12.6. The van der Waals surface area contributed by atoms with Crippen molar-refractivity contribution in [3.8, 4) is 0 Å². The maximum Gasteiger partial charge on any atom is 0.260 e. The van der Waals surface area contributed by atoms with Crippen LogP contribution in [-0.2, 0) is 29.0 Å². The van der Waals surface area contributed by atoms with E-state index in [0.717, 1.165) is 35.0 Å². The van der Waals surface area contributed by atoms with Crippen LogP contribution in [0.3, 0.4) is 0 Å². The van der Waals surface area contributed by atoms with E-state index in [4.69, 9.17) is 4.74 Å². The summed E-state index contributed by atoms with van der Waals surface area (Å²) in [5, 5.41) is 12.8. The number of methoxy groups -OCH3 is 1. The quantitative estimate of drug-likeness (QED) is 0.451. The van der Waals surface area contributed by atoms with Gasteiger partial charge in [-0.3, -0.25) is 14.9 Å². The van der Waals surface area contributed by atoms with Crippen molar-refractivity contribution < 1.29 is 9.53 Å². The number of anilines is 1. The SMILES string of the molecule is COCc1nnc(NC(=O)CSc2nc3sc4c(c3c(=O)[nH]2)CCC(C)C4)s1. The molecule has 1 aliphatic rings. The van der Waals surface area contributed by atoms with Gasteiger partial charge in [-0.25, -0.2) is 4.98 Å². The van der Waals surface area contributed by atoms with Crippen LogP contribution in [0.25, 0.3) is 10.2 Å². The number of amides is 1. The van der Waals surface area contributed by atoms with Gasteiger partial charge in [0.15, 0.2) is 5.16 Å². The number of nitrogens with one attached hydrogen (secondary N) is 2. The highest BCUT2D eigenvalue weighted by Crippen LogP contribution is 2.36. The van der Waals surface area contributed by atoms with Crippen molar-refractivity contribution in [1.82, 2.24) is 20.2 Å². The lowest BCUT2D eigenvalue weighted by atomic mass is 9.89. The first-order chi connectivity index (χ1) is 13.5. The van der Waals surface area contributed by atoms with Crippen molar-refractivity contribution in [2.24, 2.45) is 5.92 Å². The molecule has 0 aromatic carbocycles. The lowest BCUT2D eigenvalue weighted by molar-refractivity contribution is -0.113. The zero-order valence-electron chi connectivity index (χ0n) is 15.4. The fourth-order valence-electron chi connectivity index (χ4n) is 3.17. The van der Waals surface area contributed by atoms with Crippen molar-refractivity contribution in [2.75, 3.05) is 18.2 Å². The third-order valence-corrected chi connectivity index (χ3v) is 7.30. The Morgan fingerprint density at radius 1 is 1.39 bits per heavy atom. The van der Waals surface area contributed by atoms with Gasteiger partial charge in [-0.05, 0) is 30.7 Å². The highest BCUT2D eigenvalue weighted by molar-refractivity contribution is 7.99. The number of thiophene rings is 1. The molecular weight excluding hydrogens is 418 g/mol. The largest absolute Gasteiger partial charge is 0.377 e. The topological polar surface area (TPSA) is 110 Å². The van der Waals surface area contributed by atoms with Gasteiger partial charge in [0.25, 0.3) is 5.56 Å². The number of rotatable bonds is 6. The van der Waals surface area contributed by atoms with Crippen LogP contribution in [0, 0.1) is 5.92 Å². The summed E-state index contributed by atoms with van der Waals surface area (Å²) in [6.45, 7) is 2.60. The van der Waals surface area contributed by atoms with Gasteiger partial charge in [-0.1, -0.05) is 30.0 Å². The van der Waals surface area contributed by atoms with Crippen molar-refractivity contribution in [3.05, 3.63) is 25.8 Å². The summed E-state index contributed by atoms with van der Waals surface area (Å²) in [7, 11) is 1.57. The minimum atomic E-state index is -0.229. The fourth-order valence-corrected chi connectivity index (χ4v) is 6.00. The average molecular weight is 438 g/mol. The van der Waals surface area contributed by atoms with Crippen LogP contribution in [0.15, 0.2) is 9.95 Å². The molecule has 0 spiro atoms. The van der Waals surface area contributed by atoms with Crippen LogP contribution >= 0.6 is 34.4 Å². The Bertz CT molecular complexity index is 1070. The molecule has 148 valence electrons. The third-order valence-electron chi connectivity index (χ3n) is 4.46. The minimum absolute atomic E-state index is 0.117. The van der Waals surface area contributed by atoms with E-state index in [1.807, 2.05) is 0 Å². The van der Waals surface area contributed by atoms with E-state index in [9.17, 15) is 9.59 Å². The van der Waals surface area contributed by atoms with Gasteiger partial charge < -0.3 is 9.72 Å². The van der Waals surface area contributed by atoms with E-state index in [1.54, 1.807) is 18.4 Å². The van der Waals surface area contributed by atoms with E-state index >= 15 is 0 Å². The van der Waals surface area contributed by atoms with Crippen LogP contribution in [0.5, 0.6) is 0 Å². The van der Waals surface area contributed by atoms with Crippen molar-refractivity contribution >= 4 is 55.7 Å². The number of ether oxygens (including phenoxy) is 1. The number of aromatic nitrogens is 4. The van der Waals surface area contributed by atoms with Crippen LogP contribution in [0.2, 0.25) is 0 Å². The Morgan fingerprint density at radius 3 is 3.07 bits per heavy atom. The van der Waals surface area contributed by atoms with Gasteiger partial charge in [-0.2, -0.15) is 0 Å². The van der Waals surface area contributed by atoms with Gasteiger partial charge >= 0.3 is 0 Å². The Hall–Kier alpha value is -1.82. The second-order valence-corrected chi connectivity index (χ2v) is 9.78. The number of hydrogen-bond donors (Lipinski definition) is 2. The van der Waals surface area contributed by atoms with Gasteiger partial charge in [0.2, 0.25) is 11.0 Å². The smallest absolute Gasteiger partial charge is 0.260 e. The highest BCUT2D eigenvalue weighted by Gasteiger charge is 2.23. The Kier molecular flexibility index (Phi) is 5.76. The first-order valence-electron chi connectivity index (χ1n) is 8.82. The number of carbonyl (C=O) groups excluding carboxylic acids is 1. The number of aromatic amines is 1. The molecule has 1 amide bonds. The summed E-state index contributed by atoms with van der Waals surface area (Å²) >= 11 is 4.07. The molecule has 1 atom stereocenters. The molecule has 3 aromatic rings. The van der Waals surface area contributed by atoms with Crippen LogP contribution in [-0.4, -0.2) is 38.9 Å². The van der Waals surface area contributed by atoms with Crippen LogP contribution < -0.4 is 10.9 Å². The zero-order valence-corrected chi connectivity index (χ0v) is 17.9. The Labute approximate surface area is 173 Å². The second kappa shape index (κ2) is 8.27. The summed E-state index contributed by atoms with van der Waals surface area (Å²) in [5.74, 6) is 0.532. The van der Waals surface area contributed by atoms with Crippen molar-refractivity contribution in [1.29, 1.82) is 0 Å². The van der Waals surface area contributed by atoms with Crippen molar-refractivity contribution in [3.63, 3.8) is 0 Å². The first kappa shape index (κ1) is 19.5. The lowest BCUT2D eigenvalue weighted by Crippen LogP contribution is -2.16. The summed E-state index contributed by atoms with van der Waals surface area (Å²) in [4.78, 5) is 34.2. The van der Waals surface area contributed by atoms with Crippen LogP contribution in [0.4, 0.5) is 5.13 Å². The standard InChI is InChI=1S/C17H19N5O3S3/c1-8-3-4-9-10(5-8)27-15-13(9)14(24)19-16(20-15)26-7-11(23)18-17-22-21-12(28-17)6-25-2/h8H,3-7H2,1-2H3,(H,18,22,23)(H,19,20,24). The Morgan fingerprint density at radius 2 is 2.25 bits per heavy atom. The molecule has 0 bridgehead atoms. The third kappa shape index (κ3) is 4.12. The van der Waals surface area contributed by atoms with E-state index in [1.165, 1.54) is 28.0 Å². The predicted molar refractivity (Wildman–Crippen MR) is 111 cm³/mol. The molecule has 0 saturated heterocycles. The molecule has 8 nitrogen and oxygen atoms in total. The first-order valence-corrected chi connectivity index (χ1v) is 11.4. The van der Waals surface area contributed by atoms with Gasteiger partial charge in [0.05, 0.1) is 11.1 Å². The summed E-state index contributed by atoms with van der Waals surface area (Å²) < 4.78 is 4.98. The lowest BCUT2D eigenvalue weighted by Gasteiger charge is -2.17. The Balaban J connectivity index is 1.44. The minimum Gasteiger partial charge on any atom is -0.377 e. The molecule has 0 radical (unpaired) electrons. The molecule has 11 heteroatoms. The highest BCUT2D eigenvalue weighted by atomic mass is 32.2. The van der Waals surface area contributed by atoms with E-state index in [0.29, 0.717) is 27.8 Å². The number of aryl methyl sites for hydroxylation is 1. The summed E-state index contributed by atoms with van der Waals surface area (Å²) in [5.41, 5.74) is 1.04. The number of nitrogens with zero attached hydrogens (tertiary/aromatic N) is 3. The molecule has 3 aromatic heterocycles. The van der Waals surface area contributed by atoms with Crippen molar-refractivity contribution in [2.45, 2.75) is 37.9 Å². The molecule has 0 aliphatic heterocycles. The molecule has 1 unspecified atom stereocenters. The molecule has 0 saturated carbocycles. The second-order valence-electron chi connectivity index (χ2n) is 6.67. The predicted octanol–water partition coefficient (Wildman–Crippen LogP) is 2.84. The fraction of sp³-hybridized carbons (Fsp3) is 0.471. The number of thioether (sulfide) groups is 1. The maximum atomic E-state index is 12.6. The summed E-state index contributed by atoms with van der Waals surface area (Å²) in [6, 6.07) is 0. The molecule has 0 fully saturated rings. The monoisotopic (exact) mass is 437 g/mol. The molecule has 1 aliphatic carbocycles. The van der Waals surface area contributed by atoms with Gasteiger partial charge in [-0.15, -0.1) is 21.5 Å². The number of hydrogen-bond acceptors (Lipinski definition) is 9. The molecule has 28 heavy (non-hydrogen) atoms. The number of carbonyl (C=O) groups is 1. The van der Waals surface area contributed by atoms with Crippen LogP contribution in [0.1, 0.15) is 28.8 Å². The van der Waals surface area contributed by atoms with E-state index in [-0.39, 0.29) is 17.2 Å². The van der Waals surface area contributed by atoms with E-state index in [2.05, 4.69) is 32.4 Å². The zero-order chi connectivity index (χ0) is 19.7. The normalized spacial score (nSPS) is 16.3. The molecule has 3 heterocycles. The molecule has 2 N–H and O–H groups in total. The number of fused-ring (bicyclic) bond motifs is 3. The van der Waals surface area contributed by atoms with Gasteiger partial charge in [0.1, 0.15) is 16.4 Å².